The fourth-order valence-electron chi connectivity index (χ4n) is 3.48. The van der Waals surface area contributed by atoms with E-state index in [1.165, 1.54) is 12.0 Å². The van der Waals surface area contributed by atoms with E-state index in [0.29, 0.717) is 12.7 Å². The van der Waals surface area contributed by atoms with E-state index in [-0.39, 0.29) is 6.04 Å². The van der Waals surface area contributed by atoms with Crippen molar-refractivity contribution in [1.82, 2.24) is 0 Å². The maximum absolute atomic E-state index is 6.32. The minimum atomic E-state index is -0.132. The van der Waals surface area contributed by atoms with Crippen LogP contribution in [0.15, 0.2) is 18.2 Å². The van der Waals surface area contributed by atoms with Gasteiger partial charge in [0.05, 0.1) is 25.9 Å². The Morgan fingerprint density at radius 1 is 1.19 bits per heavy atom. The Morgan fingerprint density at radius 2 is 1.86 bits per heavy atom. The first-order valence-corrected chi connectivity index (χ1v) is 8.01. The normalized spacial score (nSPS) is 27.4. The van der Waals surface area contributed by atoms with Gasteiger partial charge in [0, 0.05) is 5.56 Å². The molecular weight excluding hydrogens is 262 g/mol. The Bertz CT molecular complexity index is 451. The van der Waals surface area contributed by atoms with Crippen LogP contribution in [0.1, 0.15) is 50.3 Å². The first kappa shape index (κ1) is 16.3. The zero-order valence-corrected chi connectivity index (χ0v) is 13.8. The Labute approximate surface area is 128 Å². The molecule has 0 radical (unpaired) electrons. The lowest BCUT2D eigenvalue weighted by atomic mass is 9.82. The second kappa shape index (κ2) is 7.28. The van der Waals surface area contributed by atoms with Crippen molar-refractivity contribution in [3.8, 4) is 5.75 Å². The lowest BCUT2D eigenvalue weighted by Gasteiger charge is -2.32. The first-order chi connectivity index (χ1) is 9.99. The van der Waals surface area contributed by atoms with Crippen molar-refractivity contribution in [2.75, 3.05) is 13.7 Å². The molecule has 2 rings (SSSR count). The molecule has 118 valence electrons. The minimum absolute atomic E-state index is 0.132. The molecule has 0 heterocycles. The van der Waals surface area contributed by atoms with Crippen LogP contribution in [0.4, 0.5) is 0 Å². The topological polar surface area (TPSA) is 44.5 Å². The van der Waals surface area contributed by atoms with Gasteiger partial charge in [-0.05, 0) is 44.1 Å². The molecule has 1 aliphatic carbocycles. The van der Waals surface area contributed by atoms with Crippen LogP contribution in [-0.2, 0) is 4.74 Å². The Balaban J connectivity index is 1.95. The summed E-state index contributed by atoms with van der Waals surface area (Å²) in [6, 6.07) is 5.99. The zero-order valence-electron chi connectivity index (χ0n) is 13.8. The second-order valence-corrected chi connectivity index (χ2v) is 6.72. The molecule has 0 saturated heterocycles. The van der Waals surface area contributed by atoms with Crippen molar-refractivity contribution in [2.45, 2.75) is 52.2 Å². The van der Waals surface area contributed by atoms with Crippen LogP contribution < -0.4 is 10.5 Å². The third-order valence-electron chi connectivity index (χ3n) is 4.43. The number of benzene rings is 1. The second-order valence-electron chi connectivity index (χ2n) is 6.72. The number of ether oxygens (including phenoxy) is 2. The molecule has 3 nitrogen and oxygen atoms in total. The van der Waals surface area contributed by atoms with E-state index < -0.39 is 0 Å². The minimum Gasteiger partial charge on any atom is -0.496 e. The number of nitrogens with two attached hydrogens (primary N) is 1. The number of methoxy groups -OCH3 is 1. The molecule has 0 bridgehead atoms. The van der Waals surface area contributed by atoms with Gasteiger partial charge in [-0.3, -0.25) is 0 Å². The van der Waals surface area contributed by atoms with Gasteiger partial charge in [-0.2, -0.15) is 0 Å². The molecule has 3 unspecified atom stereocenters. The lowest BCUT2D eigenvalue weighted by molar-refractivity contribution is -0.00546. The Morgan fingerprint density at radius 3 is 2.48 bits per heavy atom. The summed E-state index contributed by atoms with van der Waals surface area (Å²) in [5, 5.41) is 0. The highest BCUT2D eigenvalue weighted by Gasteiger charge is 2.25. The van der Waals surface area contributed by atoms with Gasteiger partial charge in [0.25, 0.3) is 0 Å². The third-order valence-corrected chi connectivity index (χ3v) is 4.43. The van der Waals surface area contributed by atoms with Crippen molar-refractivity contribution < 1.29 is 9.47 Å². The maximum Gasteiger partial charge on any atom is 0.123 e. The maximum atomic E-state index is 6.32. The number of rotatable bonds is 5. The molecule has 1 fully saturated rings. The van der Waals surface area contributed by atoms with Crippen LogP contribution in [0.25, 0.3) is 0 Å². The molecule has 21 heavy (non-hydrogen) atoms. The molecule has 1 aromatic carbocycles. The van der Waals surface area contributed by atoms with Crippen molar-refractivity contribution in [3.63, 3.8) is 0 Å². The number of hydrogen-bond donors (Lipinski definition) is 1. The van der Waals surface area contributed by atoms with Crippen molar-refractivity contribution in [1.29, 1.82) is 0 Å². The summed E-state index contributed by atoms with van der Waals surface area (Å²) in [4.78, 5) is 0. The molecule has 3 heteroatoms. The molecule has 3 atom stereocenters. The van der Waals surface area contributed by atoms with Crippen molar-refractivity contribution in [2.24, 2.45) is 17.6 Å². The van der Waals surface area contributed by atoms with Crippen molar-refractivity contribution >= 4 is 0 Å². The third kappa shape index (κ3) is 4.45. The van der Waals surface area contributed by atoms with Crippen molar-refractivity contribution in [3.05, 3.63) is 29.3 Å². The molecule has 0 aliphatic heterocycles. The molecule has 0 amide bonds. The monoisotopic (exact) mass is 291 g/mol. The summed E-state index contributed by atoms with van der Waals surface area (Å²) in [6.45, 7) is 7.26. The van der Waals surface area contributed by atoms with E-state index in [1.807, 2.05) is 12.1 Å². The average Bonchev–Trinajstić information content (AvgIpc) is 2.43. The summed E-state index contributed by atoms with van der Waals surface area (Å²) in [5.74, 6) is 2.36. The predicted octanol–water partition coefficient (Wildman–Crippen LogP) is 3.84. The van der Waals surface area contributed by atoms with Crippen LogP contribution in [0.2, 0.25) is 0 Å². The summed E-state index contributed by atoms with van der Waals surface area (Å²) < 4.78 is 11.5. The van der Waals surface area contributed by atoms with Gasteiger partial charge in [0.15, 0.2) is 0 Å². The van der Waals surface area contributed by atoms with Gasteiger partial charge in [-0.15, -0.1) is 0 Å². The summed E-state index contributed by atoms with van der Waals surface area (Å²) in [7, 11) is 1.69. The molecule has 0 spiro atoms. The Hall–Kier alpha value is -1.06. The smallest absolute Gasteiger partial charge is 0.123 e. The number of hydrogen-bond acceptors (Lipinski definition) is 3. The van der Waals surface area contributed by atoms with Crippen LogP contribution in [0.5, 0.6) is 5.75 Å². The van der Waals surface area contributed by atoms with Gasteiger partial charge in [0.2, 0.25) is 0 Å². The standard InChI is InChI=1S/C18H29NO2/c1-12-5-6-18(20-4)16(10-12)17(19)11-21-15-8-13(2)7-14(3)9-15/h5-6,10,13-15,17H,7-9,11,19H2,1-4H3. The van der Waals surface area contributed by atoms with E-state index in [1.54, 1.807) is 7.11 Å². The van der Waals surface area contributed by atoms with Gasteiger partial charge in [-0.25, -0.2) is 0 Å². The molecule has 2 N–H and O–H groups in total. The fraction of sp³-hybridized carbons (Fsp3) is 0.667. The van der Waals surface area contributed by atoms with E-state index in [9.17, 15) is 0 Å². The molecule has 1 aliphatic rings. The van der Waals surface area contributed by atoms with Gasteiger partial charge >= 0.3 is 0 Å². The molecular formula is C18H29NO2. The molecule has 0 aromatic heterocycles. The largest absolute Gasteiger partial charge is 0.496 e. The van der Waals surface area contributed by atoms with Crippen LogP contribution in [-0.4, -0.2) is 19.8 Å². The van der Waals surface area contributed by atoms with E-state index in [4.69, 9.17) is 15.2 Å². The quantitative estimate of drug-likeness (QED) is 0.896. The SMILES string of the molecule is COc1ccc(C)cc1C(N)COC1CC(C)CC(C)C1. The van der Waals surface area contributed by atoms with Crippen LogP contribution in [0, 0.1) is 18.8 Å². The van der Waals surface area contributed by atoms with E-state index in [0.717, 1.165) is 36.0 Å². The highest BCUT2D eigenvalue weighted by molar-refractivity contribution is 5.39. The molecule has 1 saturated carbocycles. The van der Waals surface area contributed by atoms with E-state index >= 15 is 0 Å². The summed E-state index contributed by atoms with van der Waals surface area (Å²) in [5.41, 5.74) is 8.55. The average molecular weight is 291 g/mol. The van der Waals surface area contributed by atoms with Crippen LogP contribution >= 0.6 is 0 Å². The highest BCUT2D eigenvalue weighted by atomic mass is 16.5. The van der Waals surface area contributed by atoms with E-state index in [2.05, 4.69) is 26.8 Å². The van der Waals surface area contributed by atoms with Crippen LogP contribution in [0.3, 0.4) is 0 Å². The molecule has 1 aromatic rings. The number of aryl methyl sites for hydroxylation is 1. The highest BCUT2D eigenvalue weighted by Crippen LogP contribution is 2.31. The van der Waals surface area contributed by atoms with Gasteiger partial charge in [-0.1, -0.05) is 31.5 Å². The summed E-state index contributed by atoms with van der Waals surface area (Å²) >= 11 is 0. The van der Waals surface area contributed by atoms with Gasteiger partial charge < -0.3 is 15.2 Å². The van der Waals surface area contributed by atoms with Gasteiger partial charge in [0.1, 0.15) is 5.75 Å². The predicted molar refractivity (Wildman–Crippen MR) is 86.6 cm³/mol. The zero-order chi connectivity index (χ0) is 15.4. The fourth-order valence-corrected chi connectivity index (χ4v) is 3.48. The first-order valence-electron chi connectivity index (χ1n) is 8.01. The lowest BCUT2D eigenvalue weighted by Crippen LogP contribution is -2.29. The summed E-state index contributed by atoms with van der Waals surface area (Å²) in [6.07, 6.45) is 3.98. The Kier molecular flexibility index (Phi) is 5.65.